The van der Waals surface area contributed by atoms with E-state index in [1.807, 2.05) is 9.58 Å². The molecule has 1 aromatic heterocycles. The summed E-state index contributed by atoms with van der Waals surface area (Å²) in [6.45, 7) is 2.94. The Morgan fingerprint density at radius 1 is 1.38 bits per heavy atom. The zero-order chi connectivity index (χ0) is 14.7. The monoisotopic (exact) mass is 293 g/mol. The molecule has 7 heteroatoms. The molecule has 2 aliphatic rings. The molecule has 3 rings (SSSR count). The lowest BCUT2D eigenvalue weighted by atomic mass is 9.97. The SMILES string of the molecule is NC[C@H]1CC[C@@H](C(=O)N2CCCC(Cn3cncn3)C2)O1. The van der Waals surface area contributed by atoms with Crippen molar-refractivity contribution in [3.8, 4) is 0 Å². The van der Waals surface area contributed by atoms with Gasteiger partial charge in [-0.3, -0.25) is 9.48 Å². The van der Waals surface area contributed by atoms with Crippen LogP contribution in [0.1, 0.15) is 25.7 Å². The number of piperidine rings is 1. The Bertz CT molecular complexity index is 464. The van der Waals surface area contributed by atoms with Crippen LogP contribution < -0.4 is 5.73 Å². The first-order valence-corrected chi connectivity index (χ1v) is 7.73. The maximum absolute atomic E-state index is 12.5. The highest BCUT2D eigenvalue weighted by Gasteiger charge is 2.34. The van der Waals surface area contributed by atoms with E-state index >= 15 is 0 Å². The lowest BCUT2D eigenvalue weighted by Gasteiger charge is -2.34. The molecule has 116 valence electrons. The average Bonchev–Trinajstić information content (AvgIpc) is 3.17. The molecule has 2 N–H and O–H groups in total. The van der Waals surface area contributed by atoms with Gasteiger partial charge < -0.3 is 15.4 Å². The van der Waals surface area contributed by atoms with Crippen LogP contribution in [-0.2, 0) is 16.1 Å². The second-order valence-corrected chi connectivity index (χ2v) is 5.97. The van der Waals surface area contributed by atoms with E-state index in [2.05, 4.69) is 10.1 Å². The number of hydrogen-bond acceptors (Lipinski definition) is 5. The highest BCUT2D eigenvalue weighted by atomic mass is 16.5. The van der Waals surface area contributed by atoms with E-state index in [-0.39, 0.29) is 18.1 Å². The van der Waals surface area contributed by atoms with Gasteiger partial charge in [0.05, 0.1) is 6.10 Å². The van der Waals surface area contributed by atoms with Crippen LogP contribution in [0.15, 0.2) is 12.7 Å². The van der Waals surface area contributed by atoms with Gasteiger partial charge in [-0.25, -0.2) is 4.98 Å². The molecule has 3 atom stereocenters. The van der Waals surface area contributed by atoms with E-state index in [1.54, 1.807) is 12.7 Å². The Morgan fingerprint density at radius 2 is 2.29 bits per heavy atom. The zero-order valence-electron chi connectivity index (χ0n) is 12.2. The van der Waals surface area contributed by atoms with Crippen molar-refractivity contribution in [1.29, 1.82) is 0 Å². The van der Waals surface area contributed by atoms with Gasteiger partial charge in [0.1, 0.15) is 18.8 Å². The molecule has 0 aliphatic carbocycles. The van der Waals surface area contributed by atoms with Crippen molar-refractivity contribution < 1.29 is 9.53 Å². The molecule has 2 aliphatic heterocycles. The predicted molar refractivity (Wildman–Crippen MR) is 76.3 cm³/mol. The van der Waals surface area contributed by atoms with Gasteiger partial charge >= 0.3 is 0 Å². The normalized spacial score (nSPS) is 29.8. The molecule has 0 saturated carbocycles. The smallest absolute Gasteiger partial charge is 0.251 e. The summed E-state index contributed by atoms with van der Waals surface area (Å²) in [7, 11) is 0. The average molecular weight is 293 g/mol. The van der Waals surface area contributed by atoms with Gasteiger partial charge in [0.15, 0.2) is 0 Å². The van der Waals surface area contributed by atoms with E-state index in [9.17, 15) is 4.79 Å². The van der Waals surface area contributed by atoms with Crippen molar-refractivity contribution in [3.05, 3.63) is 12.7 Å². The Hall–Kier alpha value is -1.47. The van der Waals surface area contributed by atoms with Gasteiger partial charge in [-0.15, -0.1) is 0 Å². The number of nitrogens with zero attached hydrogens (tertiary/aromatic N) is 4. The van der Waals surface area contributed by atoms with Crippen molar-refractivity contribution >= 4 is 5.91 Å². The molecule has 0 spiro atoms. The van der Waals surface area contributed by atoms with Gasteiger partial charge in [0.2, 0.25) is 0 Å². The number of carbonyl (C=O) groups excluding carboxylic acids is 1. The fourth-order valence-electron chi connectivity index (χ4n) is 3.27. The first-order valence-electron chi connectivity index (χ1n) is 7.73. The van der Waals surface area contributed by atoms with Crippen LogP contribution in [0.25, 0.3) is 0 Å². The van der Waals surface area contributed by atoms with Gasteiger partial charge in [-0.2, -0.15) is 5.10 Å². The summed E-state index contributed by atoms with van der Waals surface area (Å²) >= 11 is 0. The molecular formula is C14H23N5O2. The minimum atomic E-state index is -0.288. The van der Waals surface area contributed by atoms with Crippen LogP contribution in [0.3, 0.4) is 0 Å². The van der Waals surface area contributed by atoms with E-state index in [0.29, 0.717) is 12.5 Å². The summed E-state index contributed by atoms with van der Waals surface area (Å²) in [5, 5.41) is 4.14. The van der Waals surface area contributed by atoms with Crippen LogP contribution in [0, 0.1) is 5.92 Å². The molecule has 2 fully saturated rings. The third-order valence-electron chi connectivity index (χ3n) is 4.39. The first kappa shape index (κ1) is 14.5. The van der Waals surface area contributed by atoms with Gasteiger partial charge in [0, 0.05) is 26.2 Å². The van der Waals surface area contributed by atoms with Crippen molar-refractivity contribution in [2.75, 3.05) is 19.6 Å². The number of likely N-dealkylation sites (tertiary alicyclic amines) is 1. The van der Waals surface area contributed by atoms with Crippen molar-refractivity contribution in [2.45, 2.75) is 44.4 Å². The maximum Gasteiger partial charge on any atom is 0.251 e. The van der Waals surface area contributed by atoms with Crippen LogP contribution in [0.2, 0.25) is 0 Å². The van der Waals surface area contributed by atoms with Gasteiger partial charge in [-0.05, 0) is 31.6 Å². The molecule has 3 heterocycles. The second-order valence-electron chi connectivity index (χ2n) is 5.97. The highest BCUT2D eigenvalue weighted by Crippen LogP contribution is 2.24. The summed E-state index contributed by atoms with van der Waals surface area (Å²) in [5.74, 6) is 0.574. The molecule has 7 nitrogen and oxygen atoms in total. The molecule has 1 unspecified atom stereocenters. The van der Waals surface area contributed by atoms with Gasteiger partial charge in [0.25, 0.3) is 5.91 Å². The molecule has 0 radical (unpaired) electrons. The lowest BCUT2D eigenvalue weighted by molar-refractivity contribution is -0.144. The van der Waals surface area contributed by atoms with Crippen LogP contribution >= 0.6 is 0 Å². The quantitative estimate of drug-likeness (QED) is 0.846. The number of carbonyl (C=O) groups is 1. The first-order chi connectivity index (χ1) is 10.3. The van der Waals surface area contributed by atoms with Crippen LogP contribution in [0.4, 0.5) is 0 Å². The van der Waals surface area contributed by atoms with E-state index in [0.717, 1.165) is 45.3 Å². The molecule has 1 amide bonds. The second kappa shape index (κ2) is 6.53. The standard InChI is InChI=1S/C14H23N5O2/c15-6-12-3-4-13(21-12)14(20)18-5-1-2-11(7-18)8-19-10-16-9-17-19/h9-13H,1-8,15H2/t11?,12-,13+/m1/s1. The largest absolute Gasteiger partial charge is 0.364 e. The Labute approximate surface area is 124 Å². The fraction of sp³-hybridized carbons (Fsp3) is 0.786. The maximum atomic E-state index is 12.5. The third kappa shape index (κ3) is 3.41. The minimum Gasteiger partial charge on any atom is -0.364 e. The third-order valence-corrected chi connectivity index (χ3v) is 4.39. The molecule has 0 aromatic carbocycles. The summed E-state index contributed by atoms with van der Waals surface area (Å²) in [4.78, 5) is 18.5. The topological polar surface area (TPSA) is 86.3 Å². The summed E-state index contributed by atoms with van der Waals surface area (Å²) in [6, 6.07) is 0. The van der Waals surface area contributed by atoms with E-state index in [4.69, 9.17) is 10.5 Å². The number of ether oxygens (including phenoxy) is 1. The Balaban J connectivity index is 1.54. The highest BCUT2D eigenvalue weighted by molar-refractivity contribution is 5.81. The lowest BCUT2D eigenvalue weighted by Crippen LogP contribution is -2.46. The molecule has 0 bridgehead atoms. The van der Waals surface area contributed by atoms with E-state index < -0.39 is 0 Å². The zero-order valence-corrected chi connectivity index (χ0v) is 12.2. The molecule has 2 saturated heterocycles. The number of hydrogen-bond donors (Lipinski definition) is 1. The molecule has 21 heavy (non-hydrogen) atoms. The van der Waals surface area contributed by atoms with Crippen LogP contribution in [-0.4, -0.2) is 57.4 Å². The number of amides is 1. The number of nitrogens with two attached hydrogens (primary N) is 1. The fourth-order valence-corrected chi connectivity index (χ4v) is 3.27. The summed E-state index contributed by atoms with van der Waals surface area (Å²) in [6.07, 6.45) is 6.89. The van der Waals surface area contributed by atoms with Crippen molar-refractivity contribution in [1.82, 2.24) is 19.7 Å². The number of rotatable bonds is 4. The Morgan fingerprint density at radius 3 is 3.00 bits per heavy atom. The summed E-state index contributed by atoms with van der Waals surface area (Å²) in [5.41, 5.74) is 5.61. The summed E-state index contributed by atoms with van der Waals surface area (Å²) < 4.78 is 7.57. The number of aromatic nitrogens is 3. The van der Waals surface area contributed by atoms with E-state index in [1.165, 1.54) is 0 Å². The molecular weight excluding hydrogens is 270 g/mol. The molecule has 1 aromatic rings. The minimum absolute atomic E-state index is 0.0506. The van der Waals surface area contributed by atoms with Gasteiger partial charge in [-0.1, -0.05) is 0 Å². The Kier molecular flexibility index (Phi) is 4.50. The van der Waals surface area contributed by atoms with Crippen molar-refractivity contribution in [2.24, 2.45) is 11.7 Å². The predicted octanol–water partition coefficient (Wildman–Crippen LogP) is 0.0230. The van der Waals surface area contributed by atoms with Crippen molar-refractivity contribution in [3.63, 3.8) is 0 Å². The van der Waals surface area contributed by atoms with Crippen LogP contribution in [0.5, 0.6) is 0 Å².